The van der Waals surface area contributed by atoms with E-state index in [2.05, 4.69) is 37.2 Å². The lowest BCUT2D eigenvalue weighted by molar-refractivity contribution is -0.147. The van der Waals surface area contributed by atoms with Crippen molar-refractivity contribution in [1.82, 2.24) is 47.0 Å². The first-order valence-corrected chi connectivity index (χ1v) is 32.5. The summed E-state index contributed by atoms with van der Waals surface area (Å²) in [5, 5.41) is 96.8. The third kappa shape index (κ3) is 16.3. The Morgan fingerprint density at radius 1 is 0.612 bits per heavy atom. The molecule has 98 heavy (non-hydrogen) atoms. The van der Waals surface area contributed by atoms with Crippen molar-refractivity contribution in [3.63, 3.8) is 0 Å². The molecule has 9 amide bonds. The van der Waals surface area contributed by atoms with E-state index in [1.165, 1.54) is 25.1 Å². The zero-order valence-electron chi connectivity index (χ0n) is 53.8. The van der Waals surface area contributed by atoms with Gasteiger partial charge in [-0.15, -0.1) is 0 Å². The van der Waals surface area contributed by atoms with Crippen LogP contribution in [0, 0.1) is 5.92 Å². The van der Waals surface area contributed by atoms with Crippen LogP contribution in [0.4, 0.5) is 9.59 Å². The lowest BCUT2D eigenvalue weighted by atomic mass is 9.98. The van der Waals surface area contributed by atoms with Crippen molar-refractivity contribution in [1.29, 1.82) is 0 Å². The molecule has 0 bridgehead atoms. The van der Waals surface area contributed by atoms with Gasteiger partial charge in [-0.1, -0.05) is 110 Å². The predicted octanol–water partition coefficient (Wildman–Crippen LogP) is -1.17. The topological polar surface area (TPSA) is 440 Å². The van der Waals surface area contributed by atoms with E-state index in [9.17, 15) is 69.3 Å². The maximum absolute atomic E-state index is 15.1. The van der Waals surface area contributed by atoms with E-state index in [1.54, 1.807) is 0 Å². The highest BCUT2D eigenvalue weighted by atomic mass is 16.6. The van der Waals surface area contributed by atoms with E-state index >= 15 is 9.59 Å². The second-order valence-electron chi connectivity index (χ2n) is 25.3. The summed E-state index contributed by atoms with van der Waals surface area (Å²) in [7, 11) is 0. The first-order valence-electron chi connectivity index (χ1n) is 32.5. The van der Waals surface area contributed by atoms with Gasteiger partial charge in [-0.3, -0.25) is 33.6 Å². The van der Waals surface area contributed by atoms with E-state index in [4.69, 9.17) is 19.9 Å². The number of aromatic hydroxyl groups is 1. The van der Waals surface area contributed by atoms with Crippen LogP contribution in [-0.4, -0.2) is 231 Å². The molecule has 3 fully saturated rings. The quantitative estimate of drug-likeness (QED) is 0.0460. The highest BCUT2D eigenvalue weighted by molar-refractivity contribution is 5.98. The third-order valence-corrected chi connectivity index (χ3v) is 18.4. The lowest BCUT2D eigenvalue weighted by Crippen LogP contribution is -2.64. The van der Waals surface area contributed by atoms with E-state index in [0.29, 0.717) is 0 Å². The smallest absolute Gasteiger partial charge is 0.407 e. The summed E-state index contributed by atoms with van der Waals surface area (Å²) in [5.41, 5.74) is 14.3. The fourth-order valence-corrected chi connectivity index (χ4v) is 13.3. The number of amides is 9. The van der Waals surface area contributed by atoms with E-state index in [1.807, 2.05) is 97.1 Å². The van der Waals surface area contributed by atoms with Crippen molar-refractivity contribution in [3.8, 4) is 33.8 Å². The third-order valence-electron chi connectivity index (χ3n) is 18.4. The number of benzene rings is 5. The molecule has 2 aliphatic carbocycles. The van der Waals surface area contributed by atoms with Crippen LogP contribution in [0.3, 0.4) is 0 Å². The number of alkyl carbamates (subject to hydrolysis) is 2. The monoisotopic (exact) mass is 1350 g/mol. The molecule has 0 saturated carbocycles. The number of rotatable bonds is 18. The normalized spacial score (nSPS) is 24.7. The van der Waals surface area contributed by atoms with Crippen molar-refractivity contribution < 1.29 is 93.1 Å². The molecule has 29 heteroatoms. The Bertz CT molecular complexity index is 3690. The number of hydrogen-bond donors (Lipinski definition) is 15. The molecule has 1 unspecified atom stereocenters. The average Bonchev–Trinajstić information content (AvgIpc) is 1.63. The van der Waals surface area contributed by atoms with Crippen LogP contribution in [-0.2, 0) is 49.5 Å². The second kappa shape index (κ2) is 31.6. The minimum absolute atomic E-state index is 0.0246. The van der Waals surface area contributed by atoms with Gasteiger partial charge in [0.1, 0.15) is 50.0 Å². The number of aliphatic hydroxyl groups is 6. The number of nitrogens with zero attached hydrogens (tertiary/aromatic N) is 2. The van der Waals surface area contributed by atoms with Crippen molar-refractivity contribution in [2.24, 2.45) is 11.7 Å². The number of β-amino-alcohol motifs (C(OH)–C–C–N with tert-alkyl or cyclic N) is 1. The van der Waals surface area contributed by atoms with Crippen LogP contribution in [0.15, 0.2) is 115 Å². The average molecular weight is 1360 g/mol. The molecule has 0 radical (unpaired) electrons. The maximum Gasteiger partial charge on any atom is 0.407 e. The van der Waals surface area contributed by atoms with Crippen LogP contribution in [0.1, 0.15) is 72.8 Å². The number of phenolic OH excluding ortho intramolecular Hbond substituents is 1. The molecule has 5 aliphatic rings. The first kappa shape index (κ1) is 71.0. The number of phenols is 1. The molecule has 16 N–H and O–H groups in total. The number of carbonyl (C=O) groups excluding carboxylic acids is 9. The summed E-state index contributed by atoms with van der Waals surface area (Å²) < 4.78 is 17.0. The Kier molecular flexibility index (Phi) is 22.9. The van der Waals surface area contributed by atoms with Gasteiger partial charge >= 0.3 is 12.2 Å². The van der Waals surface area contributed by atoms with Crippen LogP contribution in [0.25, 0.3) is 22.3 Å². The molecule has 10 rings (SSSR count). The van der Waals surface area contributed by atoms with Crippen LogP contribution < -0.4 is 47.7 Å². The molecule has 0 aromatic heterocycles. The summed E-state index contributed by atoms with van der Waals surface area (Å²) in [5.74, 6) is -9.37. The molecule has 5 aromatic carbocycles. The molecular weight excluding hydrogens is 1270 g/mol. The minimum atomic E-state index is -2.16. The molecule has 29 nitrogen and oxygen atoms in total. The van der Waals surface area contributed by atoms with Gasteiger partial charge in [-0.2, -0.15) is 0 Å². The fraction of sp³-hybridized carbons (Fsp3) is 0.435. The summed E-state index contributed by atoms with van der Waals surface area (Å²) in [6, 6.07) is 23.7. The van der Waals surface area contributed by atoms with Crippen molar-refractivity contribution in [2.45, 2.75) is 124 Å². The van der Waals surface area contributed by atoms with Gasteiger partial charge in [0.25, 0.3) is 0 Å². The number of aliphatic hydroxyl groups excluding tert-OH is 6. The standard InChI is InChI=1S/C69H82N10O19/c1-35-31-79-60(61(35)87)65(91)73-29-38(81)27-50(70)62(88)75-57(36(2)80)66(92)78-32-39(82)28-51(78)63(89)76-58(64(90)77-59(67(79)93)53(84)21-22-72-68(94)97-33-48-44-15-7-3-11-40(44)41-12-4-8-16-45(41)48)54(85)25-37-19-20-52(83)55(26-37)96-24-23-71-56(86)30-74-69(95)98-34-49-46-17-9-5-13-42(46)43-14-6-10-18-47(43)49/h3-20,26,35-36,38-39,48-51,53-54,57-61,80-85,87H,21-25,27-34,70H2,1-2H3,(H,71,86)(H,72,94)(H,73,91)(H,74,95)(H,75,88)(H,76,89)(H,77,90)/t35-,36+,38+,39+,50?,51-,53+,54+,57-,58-,59-,60-,61-/m0/s1. The molecule has 522 valence electrons. The Hall–Kier alpha value is -9.75. The molecule has 5 aromatic rings. The summed E-state index contributed by atoms with van der Waals surface area (Å²) in [6.45, 7) is -0.0873. The van der Waals surface area contributed by atoms with E-state index < -0.39 is 183 Å². The molecule has 3 saturated heterocycles. The number of nitrogens with one attached hydrogen (secondary N) is 7. The van der Waals surface area contributed by atoms with Gasteiger partial charge in [0.15, 0.2) is 11.5 Å². The van der Waals surface area contributed by atoms with Crippen molar-refractivity contribution in [3.05, 3.63) is 143 Å². The van der Waals surface area contributed by atoms with Gasteiger partial charge in [0.05, 0.1) is 55.8 Å². The number of ether oxygens (including phenoxy) is 3. The SMILES string of the molecule is C[C@@H](O)[C@@H]1NC(=O)C(N)C[C@@H](O)CNC(=O)[C@@H]2[C@@H](O)[C@@H](C)CN2C(=O)[C@H]([C@H](O)CCNC(=O)OCC2c3ccccc3-c3ccccc32)NC(=O)[C@H]([C@H](O)Cc2ccc(O)c(OCCNC(=O)CNC(=O)OCC3c4ccccc4-c4ccccc43)c2)NC(=O)[C@@H]2C[C@@H](O)CN2C1=O. The summed E-state index contributed by atoms with van der Waals surface area (Å²) in [6.07, 6.45) is -14.0. The highest BCUT2D eigenvalue weighted by Gasteiger charge is 2.50. The van der Waals surface area contributed by atoms with Gasteiger partial charge in [-0.05, 0) is 82.0 Å². The van der Waals surface area contributed by atoms with Gasteiger partial charge < -0.3 is 103 Å². The molecule has 13 atom stereocenters. The van der Waals surface area contributed by atoms with Gasteiger partial charge in [0.2, 0.25) is 41.4 Å². The fourth-order valence-electron chi connectivity index (χ4n) is 13.3. The second-order valence-corrected chi connectivity index (χ2v) is 25.3. The zero-order chi connectivity index (χ0) is 70.1. The Morgan fingerprint density at radius 3 is 1.73 bits per heavy atom. The van der Waals surface area contributed by atoms with Crippen LogP contribution >= 0.6 is 0 Å². The number of carbonyl (C=O) groups is 9. The van der Waals surface area contributed by atoms with Gasteiger partial charge in [-0.25, -0.2) is 9.59 Å². The van der Waals surface area contributed by atoms with Gasteiger partial charge in [0, 0.05) is 56.8 Å². The highest BCUT2D eigenvalue weighted by Crippen LogP contribution is 2.46. The molecule has 3 aliphatic heterocycles. The minimum Gasteiger partial charge on any atom is -0.504 e. The Labute approximate surface area is 563 Å². The zero-order valence-corrected chi connectivity index (χ0v) is 53.8. The lowest BCUT2D eigenvalue weighted by Gasteiger charge is -2.34. The summed E-state index contributed by atoms with van der Waals surface area (Å²) >= 11 is 0. The predicted molar refractivity (Wildman–Crippen MR) is 349 cm³/mol. The van der Waals surface area contributed by atoms with E-state index in [0.717, 1.165) is 61.2 Å². The maximum atomic E-state index is 15.1. The molecule has 3 heterocycles. The molecule has 0 spiro atoms. The number of fused-ring (bicyclic) bond motifs is 8. The number of hydrogen-bond acceptors (Lipinski definition) is 20. The Morgan fingerprint density at radius 2 is 1.15 bits per heavy atom. The van der Waals surface area contributed by atoms with Crippen molar-refractivity contribution in [2.75, 3.05) is 59.1 Å². The number of nitrogens with two attached hydrogens (primary N) is 1. The molecular formula is C69H82N10O19. The van der Waals surface area contributed by atoms with Crippen LogP contribution in [0.5, 0.6) is 11.5 Å². The van der Waals surface area contributed by atoms with Crippen molar-refractivity contribution >= 4 is 53.5 Å². The van der Waals surface area contributed by atoms with Crippen LogP contribution in [0.2, 0.25) is 0 Å². The summed E-state index contributed by atoms with van der Waals surface area (Å²) in [4.78, 5) is 128. The van der Waals surface area contributed by atoms with E-state index in [-0.39, 0.29) is 62.6 Å². The largest absolute Gasteiger partial charge is 0.504 e. The Balaban J connectivity index is 0.851. The first-order chi connectivity index (χ1) is 47.0.